The van der Waals surface area contributed by atoms with Crippen LogP contribution in [0.3, 0.4) is 0 Å². The minimum atomic E-state index is -4.94. The molecule has 7 nitrogen and oxygen atoms in total. The fourth-order valence-corrected chi connectivity index (χ4v) is 4.48. The SMILES string of the molecule is CNC(=O)C1=Nc2ccccc2C(C(N)=O)(c2c(C(F)(F)F)nn(Cc3ccc(F)cc3)c2C)C1. The Bertz CT molecular complexity index is 1340. The number of aliphatic imine (C=N–C) groups is 1. The number of hydrogen-bond acceptors (Lipinski definition) is 4. The van der Waals surface area contributed by atoms with Crippen LogP contribution in [0.4, 0.5) is 23.2 Å². The number of para-hydroxylation sites is 1. The Hall–Kier alpha value is -4.02. The molecule has 2 amide bonds. The van der Waals surface area contributed by atoms with E-state index in [2.05, 4.69) is 15.4 Å². The van der Waals surface area contributed by atoms with Crippen molar-refractivity contribution in [1.82, 2.24) is 15.1 Å². The van der Waals surface area contributed by atoms with Crippen LogP contribution < -0.4 is 11.1 Å². The molecular weight excluding hydrogens is 466 g/mol. The summed E-state index contributed by atoms with van der Waals surface area (Å²) in [6, 6.07) is 11.4. The minimum Gasteiger partial charge on any atom is -0.369 e. The number of primary amides is 1. The van der Waals surface area contributed by atoms with Gasteiger partial charge in [-0.3, -0.25) is 14.3 Å². The summed E-state index contributed by atoms with van der Waals surface area (Å²) in [5.74, 6) is -2.21. The standard InChI is InChI=1S/C24H21F4N5O2/c1-13-19(20(24(26,27)28)32-33(13)12-14-7-9-15(25)10-8-14)23(22(29)35)11-18(21(34)30-2)31-17-6-4-3-5-16(17)23/h3-10H,11-12H2,1-2H3,(H2,29,35)(H,30,34). The predicted octanol–water partition coefficient (Wildman–Crippen LogP) is 3.39. The highest BCUT2D eigenvalue weighted by atomic mass is 19.4. The Morgan fingerprint density at radius 2 is 1.80 bits per heavy atom. The molecule has 1 unspecified atom stereocenters. The average molecular weight is 487 g/mol. The van der Waals surface area contributed by atoms with E-state index >= 15 is 0 Å². The van der Waals surface area contributed by atoms with Crippen molar-refractivity contribution in [3.05, 3.63) is 82.4 Å². The van der Waals surface area contributed by atoms with Crippen molar-refractivity contribution in [1.29, 1.82) is 0 Å². The third-order valence-electron chi connectivity index (χ3n) is 6.11. The Balaban J connectivity index is 2.01. The molecule has 1 aromatic heterocycles. The molecule has 0 radical (unpaired) electrons. The largest absolute Gasteiger partial charge is 0.435 e. The number of carbonyl (C=O) groups is 2. The van der Waals surface area contributed by atoms with E-state index in [-0.39, 0.29) is 29.2 Å². The minimum absolute atomic E-state index is 0.0356. The van der Waals surface area contributed by atoms with Crippen molar-refractivity contribution >= 4 is 23.2 Å². The first-order chi connectivity index (χ1) is 16.5. The second-order valence-electron chi connectivity index (χ2n) is 8.19. The van der Waals surface area contributed by atoms with Gasteiger partial charge in [0.15, 0.2) is 5.69 Å². The van der Waals surface area contributed by atoms with Gasteiger partial charge in [0.05, 0.1) is 12.2 Å². The van der Waals surface area contributed by atoms with E-state index in [4.69, 9.17) is 5.73 Å². The van der Waals surface area contributed by atoms with Crippen molar-refractivity contribution in [2.75, 3.05) is 7.05 Å². The van der Waals surface area contributed by atoms with Gasteiger partial charge >= 0.3 is 6.18 Å². The van der Waals surface area contributed by atoms with Crippen LogP contribution in [-0.4, -0.2) is 34.4 Å². The number of carbonyl (C=O) groups excluding carboxylic acids is 2. The molecule has 1 aliphatic rings. The predicted molar refractivity (Wildman–Crippen MR) is 120 cm³/mol. The molecule has 0 saturated carbocycles. The third kappa shape index (κ3) is 4.07. The van der Waals surface area contributed by atoms with E-state index in [1.54, 1.807) is 12.1 Å². The normalized spacial score (nSPS) is 17.5. The Morgan fingerprint density at radius 1 is 1.14 bits per heavy atom. The fraction of sp³-hybridized carbons (Fsp3) is 0.250. The molecule has 0 bridgehead atoms. The number of amides is 2. The van der Waals surface area contributed by atoms with E-state index in [9.17, 15) is 27.2 Å². The van der Waals surface area contributed by atoms with E-state index in [0.717, 1.165) is 4.68 Å². The van der Waals surface area contributed by atoms with E-state index in [0.29, 0.717) is 5.56 Å². The van der Waals surface area contributed by atoms with Crippen LogP contribution in [0.1, 0.15) is 34.5 Å². The quantitative estimate of drug-likeness (QED) is 0.540. The maximum atomic E-state index is 14.3. The topological polar surface area (TPSA) is 102 Å². The molecule has 1 aliphatic heterocycles. The van der Waals surface area contributed by atoms with E-state index < -0.39 is 46.9 Å². The van der Waals surface area contributed by atoms with Crippen LogP contribution in [0.15, 0.2) is 53.5 Å². The van der Waals surface area contributed by atoms with Gasteiger partial charge in [0.1, 0.15) is 16.9 Å². The van der Waals surface area contributed by atoms with Crippen molar-refractivity contribution in [2.24, 2.45) is 10.7 Å². The summed E-state index contributed by atoms with van der Waals surface area (Å²) >= 11 is 0. The molecule has 4 rings (SSSR count). The number of halogens is 4. The molecule has 0 aliphatic carbocycles. The molecule has 182 valence electrons. The first-order valence-corrected chi connectivity index (χ1v) is 10.6. The number of fused-ring (bicyclic) bond motifs is 1. The third-order valence-corrected chi connectivity index (χ3v) is 6.11. The molecule has 35 heavy (non-hydrogen) atoms. The summed E-state index contributed by atoms with van der Waals surface area (Å²) in [6.45, 7) is 1.29. The van der Waals surface area contributed by atoms with Crippen LogP contribution in [0.25, 0.3) is 0 Å². The Morgan fingerprint density at radius 3 is 2.40 bits per heavy atom. The highest BCUT2D eigenvalue weighted by Gasteiger charge is 2.53. The first-order valence-electron chi connectivity index (χ1n) is 10.6. The second-order valence-corrected chi connectivity index (χ2v) is 8.19. The summed E-state index contributed by atoms with van der Waals surface area (Å²) in [5.41, 5.74) is 2.76. The number of aromatic nitrogens is 2. The number of nitrogens with one attached hydrogen (secondary N) is 1. The zero-order valence-electron chi connectivity index (χ0n) is 18.8. The molecule has 0 spiro atoms. The molecule has 2 aromatic carbocycles. The van der Waals surface area contributed by atoms with Crippen molar-refractivity contribution in [3.63, 3.8) is 0 Å². The second kappa shape index (κ2) is 8.64. The van der Waals surface area contributed by atoms with E-state index in [1.807, 2.05) is 0 Å². The van der Waals surface area contributed by atoms with Gasteiger partial charge in [-0.05, 0) is 36.2 Å². The van der Waals surface area contributed by atoms with Gasteiger partial charge in [-0.15, -0.1) is 0 Å². The number of nitrogens with zero attached hydrogens (tertiary/aromatic N) is 3. The number of hydrogen-bond donors (Lipinski definition) is 2. The Kier molecular flexibility index (Phi) is 5.95. The van der Waals surface area contributed by atoms with Gasteiger partial charge in [0.25, 0.3) is 5.91 Å². The summed E-state index contributed by atoms with van der Waals surface area (Å²) in [6.07, 6.45) is -5.42. The number of benzene rings is 2. The maximum absolute atomic E-state index is 14.3. The molecular formula is C24H21F4N5O2. The summed E-state index contributed by atoms with van der Waals surface area (Å²) in [7, 11) is 1.35. The highest BCUT2D eigenvalue weighted by molar-refractivity contribution is 6.40. The van der Waals surface area contributed by atoms with Gasteiger partial charge in [-0.2, -0.15) is 18.3 Å². The van der Waals surface area contributed by atoms with Crippen LogP contribution in [0.2, 0.25) is 0 Å². The smallest absolute Gasteiger partial charge is 0.369 e. The van der Waals surface area contributed by atoms with Crippen molar-refractivity contribution in [2.45, 2.75) is 31.5 Å². The zero-order chi connectivity index (χ0) is 25.5. The van der Waals surface area contributed by atoms with Crippen molar-refractivity contribution < 1.29 is 27.2 Å². The lowest BCUT2D eigenvalue weighted by Crippen LogP contribution is -2.49. The first kappa shape index (κ1) is 24.1. The summed E-state index contributed by atoms with van der Waals surface area (Å²) in [5, 5.41) is 6.21. The number of alkyl halides is 3. The molecule has 3 aromatic rings. The van der Waals surface area contributed by atoms with Gasteiger partial charge in [-0.25, -0.2) is 9.38 Å². The molecule has 0 saturated heterocycles. The van der Waals surface area contributed by atoms with Crippen LogP contribution in [0, 0.1) is 12.7 Å². The van der Waals surface area contributed by atoms with Gasteiger partial charge in [-0.1, -0.05) is 30.3 Å². The number of rotatable bonds is 5. The van der Waals surface area contributed by atoms with Crippen molar-refractivity contribution in [3.8, 4) is 0 Å². The zero-order valence-corrected chi connectivity index (χ0v) is 18.8. The van der Waals surface area contributed by atoms with Crippen LogP contribution >= 0.6 is 0 Å². The van der Waals surface area contributed by atoms with Gasteiger partial charge in [0.2, 0.25) is 5.91 Å². The fourth-order valence-electron chi connectivity index (χ4n) is 4.48. The molecule has 0 fully saturated rings. The molecule has 3 N–H and O–H groups in total. The lowest BCUT2D eigenvalue weighted by atomic mass is 9.67. The molecule has 11 heteroatoms. The summed E-state index contributed by atoms with van der Waals surface area (Å²) in [4.78, 5) is 29.9. The van der Waals surface area contributed by atoms with Crippen LogP contribution in [-0.2, 0) is 27.7 Å². The van der Waals surface area contributed by atoms with Gasteiger partial charge < -0.3 is 11.1 Å². The summed E-state index contributed by atoms with van der Waals surface area (Å²) < 4.78 is 57.4. The lowest BCUT2D eigenvalue weighted by molar-refractivity contribution is -0.142. The average Bonchev–Trinajstić information content (AvgIpc) is 3.15. The maximum Gasteiger partial charge on any atom is 0.435 e. The van der Waals surface area contributed by atoms with E-state index in [1.165, 1.54) is 50.4 Å². The van der Waals surface area contributed by atoms with Gasteiger partial charge in [0, 0.05) is 24.7 Å². The van der Waals surface area contributed by atoms with Crippen LogP contribution in [0.5, 0.6) is 0 Å². The molecule has 1 atom stereocenters. The highest BCUT2D eigenvalue weighted by Crippen LogP contribution is 2.49. The Labute approximate surface area is 197 Å². The molecule has 2 heterocycles. The number of nitrogens with two attached hydrogens (primary N) is 1. The lowest BCUT2D eigenvalue weighted by Gasteiger charge is -2.36. The monoisotopic (exact) mass is 487 g/mol.